The van der Waals surface area contributed by atoms with Crippen molar-refractivity contribution in [1.82, 2.24) is 5.32 Å². The molecule has 0 atom stereocenters. The lowest BCUT2D eigenvalue weighted by atomic mass is 10.1. The van der Waals surface area contributed by atoms with Crippen molar-refractivity contribution in [2.24, 2.45) is 0 Å². The largest absolute Gasteiger partial charge is 0.489 e. The molecule has 112 valence electrons. The van der Waals surface area contributed by atoms with Crippen LogP contribution in [0.1, 0.15) is 35.6 Å². The van der Waals surface area contributed by atoms with Crippen molar-refractivity contribution < 1.29 is 4.74 Å². The van der Waals surface area contributed by atoms with Gasteiger partial charge in [0.25, 0.3) is 0 Å². The highest BCUT2D eigenvalue weighted by Crippen LogP contribution is 2.18. The Bertz CT molecular complexity index is 560. The molecule has 0 saturated heterocycles. The Kier molecular flexibility index (Phi) is 5.82. The lowest BCUT2D eigenvalue weighted by Crippen LogP contribution is -2.13. The van der Waals surface area contributed by atoms with Crippen LogP contribution in [0.4, 0.5) is 0 Å². The summed E-state index contributed by atoms with van der Waals surface area (Å²) in [6, 6.07) is 14.9. The van der Waals surface area contributed by atoms with E-state index in [4.69, 9.17) is 4.74 Å². The van der Waals surface area contributed by atoms with Gasteiger partial charge in [-0.3, -0.25) is 0 Å². The van der Waals surface area contributed by atoms with E-state index in [1.165, 1.54) is 28.7 Å². The van der Waals surface area contributed by atoms with Gasteiger partial charge in [0.15, 0.2) is 0 Å². The van der Waals surface area contributed by atoms with Gasteiger partial charge in [0.05, 0.1) is 0 Å². The fourth-order valence-corrected chi connectivity index (χ4v) is 2.13. The Morgan fingerprint density at radius 3 is 2.29 bits per heavy atom. The Labute approximate surface area is 128 Å². The van der Waals surface area contributed by atoms with E-state index in [1.54, 1.807) is 0 Å². The third kappa shape index (κ3) is 4.91. The van der Waals surface area contributed by atoms with Gasteiger partial charge in [0.1, 0.15) is 12.4 Å². The highest BCUT2D eigenvalue weighted by molar-refractivity contribution is 5.34. The standard InChI is InChI=1S/C19H25NO/c1-4-11-20-13-17-6-8-18(9-7-17)14-21-19-10-5-15(2)16(3)12-19/h5-10,12,20H,4,11,13-14H2,1-3H3. The number of benzene rings is 2. The van der Waals surface area contributed by atoms with Gasteiger partial charge >= 0.3 is 0 Å². The number of rotatable bonds is 7. The predicted molar refractivity (Wildman–Crippen MR) is 88.7 cm³/mol. The molecule has 0 aromatic heterocycles. The number of hydrogen-bond acceptors (Lipinski definition) is 2. The van der Waals surface area contributed by atoms with Gasteiger partial charge < -0.3 is 10.1 Å². The van der Waals surface area contributed by atoms with E-state index in [0.29, 0.717) is 6.61 Å². The molecule has 2 aromatic carbocycles. The third-order valence-corrected chi connectivity index (χ3v) is 3.66. The summed E-state index contributed by atoms with van der Waals surface area (Å²) in [5, 5.41) is 3.41. The molecule has 2 heteroatoms. The topological polar surface area (TPSA) is 21.3 Å². The van der Waals surface area contributed by atoms with Gasteiger partial charge in [-0.1, -0.05) is 37.3 Å². The van der Waals surface area contributed by atoms with Crippen molar-refractivity contribution >= 4 is 0 Å². The van der Waals surface area contributed by atoms with E-state index >= 15 is 0 Å². The summed E-state index contributed by atoms with van der Waals surface area (Å²) in [4.78, 5) is 0. The monoisotopic (exact) mass is 283 g/mol. The van der Waals surface area contributed by atoms with Crippen LogP contribution < -0.4 is 10.1 Å². The first-order chi connectivity index (χ1) is 10.2. The van der Waals surface area contributed by atoms with Crippen LogP contribution in [0, 0.1) is 13.8 Å². The van der Waals surface area contributed by atoms with E-state index in [0.717, 1.165) is 18.8 Å². The highest BCUT2D eigenvalue weighted by atomic mass is 16.5. The van der Waals surface area contributed by atoms with Gasteiger partial charge in [0.2, 0.25) is 0 Å². The smallest absolute Gasteiger partial charge is 0.120 e. The molecule has 0 aliphatic heterocycles. The number of nitrogens with one attached hydrogen (secondary N) is 1. The van der Waals surface area contributed by atoms with Crippen LogP contribution in [0.25, 0.3) is 0 Å². The van der Waals surface area contributed by atoms with Crippen LogP contribution in [0.3, 0.4) is 0 Å². The minimum absolute atomic E-state index is 0.616. The van der Waals surface area contributed by atoms with Gasteiger partial charge in [0, 0.05) is 6.54 Å². The zero-order chi connectivity index (χ0) is 15.1. The average molecular weight is 283 g/mol. The lowest BCUT2D eigenvalue weighted by Gasteiger charge is -2.09. The molecule has 2 rings (SSSR count). The van der Waals surface area contributed by atoms with Gasteiger partial charge in [-0.2, -0.15) is 0 Å². The minimum Gasteiger partial charge on any atom is -0.489 e. The number of aryl methyl sites for hydroxylation is 2. The molecule has 0 bridgehead atoms. The molecule has 0 amide bonds. The molecule has 0 radical (unpaired) electrons. The Hall–Kier alpha value is -1.80. The molecule has 0 aliphatic rings. The summed E-state index contributed by atoms with van der Waals surface area (Å²) in [5.41, 5.74) is 5.09. The van der Waals surface area contributed by atoms with Crippen LogP contribution in [0.2, 0.25) is 0 Å². The summed E-state index contributed by atoms with van der Waals surface area (Å²) in [7, 11) is 0. The molecule has 0 spiro atoms. The van der Waals surface area contributed by atoms with Crippen molar-refractivity contribution in [3.63, 3.8) is 0 Å². The molecular formula is C19H25NO. The summed E-state index contributed by atoms with van der Waals surface area (Å²) in [5.74, 6) is 0.937. The summed E-state index contributed by atoms with van der Waals surface area (Å²) < 4.78 is 5.85. The van der Waals surface area contributed by atoms with E-state index in [-0.39, 0.29) is 0 Å². The van der Waals surface area contributed by atoms with Crippen molar-refractivity contribution in [3.8, 4) is 5.75 Å². The van der Waals surface area contributed by atoms with Gasteiger partial charge in [-0.15, -0.1) is 0 Å². The van der Waals surface area contributed by atoms with E-state index in [2.05, 4.69) is 62.5 Å². The van der Waals surface area contributed by atoms with E-state index < -0.39 is 0 Å². The second-order valence-corrected chi connectivity index (χ2v) is 5.53. The SMILES string of the molecule is CCCNCc1ccc(COc2ccc(C)c(C)c2)cc1. The van der Waals surface area contributed by atoms with Crippen LogP contribution >= 0.6 is 0 Å². The molecule has 21 heavy (non-hydrogen) atoms. The van der Waals surface area contributed by atoms with Crippen LogP contribution in [0.5, 0.6) is 5.75 Å². The van der Waals surface area contributed by atoms with Crippen LogP contribution in [0.15, 0.2) is 42.5 Å². The molecule has 0 unspecified atom stereocenters. The Morgan fingerprint density at radius 1 is 0.905 bits per heavy atom. The molecule has 0 heterocycles. The van der Waals surface area contributed by atoms with E-state index in [1.807, 2.05) is 6.07 Å². The van der Waals surface area contributed by atoms with E-state index in [9.17, 15) is 0 Å². The quantitative estimate of drug-likeness (QED) is 0.761. The molecule has 2 aromatic rings. The number of hydrogen-bond donors (Lipinski definition) is 1. The first-order valence-corrected chi connectivity index (χ1v) is 7.67. The third-order valence-electron chi connectivity index (χ3n) is 3.66. The maximum atomic E-state index is 5.85. The molecular weight excluding hydrogens is 258 g/mol. The van der Waals surface area contributed by atoms with Crippen LogP contribution in [-0.4, -0.2) is 6.54 Å². The predicted octanol–water partition coefficient (Wildman–Crippen LogP) is 4.38. The molecule has 0 fully saturated rings. The fraction of sp³-hybridized carbons (Fsp3) is 0.368. The Balaban J connectivity index is 1.86. The minimum atomic E-state index is 0.616. The zero-order valence-corrected chi connectivity index (χ0v) is 13.3. The highest BCUT2D eigenvalue weighted by Gasteiger charge is 1.99. The average Bonchev–Trinajstić information content (AvgIpc) is 2.50. The molecule has 0 aliphatic carbocycles. The summed E-state index contributed by atoms with van der Waals surface area (Å²) in [6.07, 6.45) is 1.17. The normalized spacial score (nSPS) is 10.6. The Morgan fingerprint density at radius 2 is 1.62 bits per heavy atom. The van der Waals surface area contributed by atoms with Crippen molar-refractivity contribution in [2.75, 3.05) is 6.54 Å². The second kappa shape index (κ2) is 7.84. The fourth-order valence-electron chi connectivity index (χ4n) is 2.13. The summed E-state index contributed by atoms with van der Waals surface area (Å²) in [6.45, 7) is 9.03. The number of ether oxygens (including phenoxy) is 1. The first-order valence-electron chi connectivity index (χ1n) is 7.67. The molecule has 0 saturated carbocycles. The summed E-state index contributed by atoms with van der Waals surface area (Å²) >= 11 is 0. The van der Waals surface area contributed by atoms with Crippen LogP contribution in [-0.2, 0) is 13.2 Å². The van der Waals surface area contributed by atoms with Crippen molar-refractivity contribution in [2.45, 2.75) is 40.3 Å². The lowest BCUT2D eigenvalue weighted by molar-refractivity contribution is 0.306. The van der Waals surface area contributed by atoms with Crippen molar-refractivity contribution in [1.29, 1.82) is 0 Å². The van der Waals surface area contributed by atoms with Gasteiger partial charge in [-0.05, 0) is 61.2 Å². The van der Waals surface area contributed by atoms with Crippen molar-refractivity contribution in [3.05, 3.63) is 64.7 Å². The first kappa shape index (κ1) is 15.6. The van der Waals surface area contributed by atoms with Gasteiger partial charge in [-0.25, -0.2) is 0 Å². The zero-order valence-electron chi connectivity index (χ0n) is 13.3. The maximum Gasteiger partial charge on any atom is 0.120 e. The second-order valence-electron chi connectivity index (χ2n) is 5.53. The molecule has 2 nitrogen and oxygen atoms in total. The molecule has 1 N–H and O–H groups in total. The maximum absolute atomic E-state index is 5.85.